The molecule has 0 aliphatic carbocycles. The average molecular weight is 461 g/mol. The topological polar surface area (TPSA) is 60.9 Å². The lowest BCUT2D eigenvalue weighted by atomic mass is 10.2. The van der Waals surface area contributed by atoms with Crippen molar-refractivity contribution in [3.8, 4) is 0 Å². The van der Waals surface area contributed by atoms with Crippen LogP contribution in [0.2, 0.25) is 5.02 Å². The molecule has 0 spiro atoms. The first kappa shape index (κ1) is 22.5. The summed E-state index contributed by atoms with van der Waals surface area (Å²) in [6, 6.07) is 16.8. The number of nitrogens with zero attached hydrogens (tertiary/aromatic N) is 2. The van der Waals surface area contributed by atoms with E-state index in [-0.39, 0.29) is 37.9 Å². The van der Waals surface area contributed by atoms with Crippen LogP contribution in [0, 0.1) is 0 Å². The first-order chi connectivity index (χ1) is 14.5. The van der Waals surface area contributed by atoms with Gasteiger partial charge in [-0.15, -0.1) is 0 Å². The summed E-state index contributed by atoms with van der Waals surface area (Å²) in [6.07, 6.45) is 1.84. The van der Waals surface area contributed by atoms with Gasteiger partial charge in [0.15, 0.2) is 0 Å². The van der Waals surface area contributed by atoms with Crippen LogP contribution in [0.1, 0.15) is 17.5 Å². The molecule has 0 atom stereocenters. The summed E-state index contributed by atoms with van der Waals surface area (Å²) in [4.78, 5) is 29.0. The number of rotatable bonds is 8. The highest BCUT2D eigenvalue weighted by atomic mass is 35.5. The number of hydrogen-bond donors (Lipinski definition) is 1. The number of aliphatic hydroxyl groups excluding tert-OH is 1. The highest BCUT2D eigenvalue weighted by molar-refractivity contribution is 8.26. The number of benzene rings is 2. The Bertz CT molecular complexity index is 966. The lowest BCUT2D eigenvalue weighted by Gasteiger charge is -2.23. The fraction of sp³-hybridized carbons (Fsp3) is 0.227. The van der Waals surface area contributed by atoms with Crippen LogP contribution in [0.15, 0.2) is 59.5 Å². The van der Waals surface area contributed by atoms with Gasteiger partial charge in [-0.25, -0.2) is 0 Å². The van der Waals surface area contributed by atoms with E-state index in [2.05, 4.69) is 0 Å². The third kappa shape index (κ3) is 5.70. The maximum absolute atomic E-state index is 12.8. The van der Waals surface area contributed by atoms with Gasteiger partial charge in [-0.3, -0.25) is 14.5 Å². The van der Waals surface area contributed by atoms with E-state index < -0.39 is 0 Å². The zero-order valence-corrected chi connectivity index (χ0v) is 18.6. The molecule has 0 aromatic heterocycles. The van der Waals surface area contributed by atoms with Gasteiger partial charge in [0, 0.05) is 31.1 Å². The molecule has 1 heterocycles. The summed E-state index contributed by atoms with van der Waals surface area (Å²) < 4.78 is 0.419. The highest BCUT2D eigenvalue weighted by Crippen LogP contribution is 2.33. The number of carbonyl (C=O) groups excluding carboxylic acids is 2. The van der Waals surface area contributed by atoms with Crippen molar-refractivity contribution >= 4 is 57.8 Å². The summed E-state index contributed by atoms with van der Waals surface area (Å²) in [5.41, 5.74) is 1.72. The lowest BCUT2D eigenvalue weighted by molar-refractivity contribution is -0.132. The number of thioether (sulfide) groups is 1. The molecule has 156 valence electrons. The molecule has 3 rings (SSSR count). The minimum absolute atomic E-state index is 0.124. The Balaban J connectivity index is 1.64. The molecule has 0 bridgehead atoms. The number of hydrogen-bond acceptors (Lipinski definition) is 5. The molecule has 2 amide bonds. The van der Waals surface area contributed by atoms with Gasteiger partial charge in [-0.2, -0.15) is 0 Å². The van der Waals surface area contributed by atoms with E-state index in [4.69, 9.17) is 23.8 Å². The standard InChI is InChI=1S/C22H21ClN2O3S2/c23-18-9-5-4-8-17(18)14-19-21(28)25(22(29)30-19)11-10-20(27)24(12-13-26)15-16-6-2-1-3-7-16/h1-9,14,26H,10-13,15H2/b19-14-. The van der Waals surface area contributed by atoms with Gasteiger partial charge in [0.2, 0.25) is 5.91 Å². The first-order valence-corrected chi connectivity index (χ1v) is 11.0. The smallest absolute Gasteiger partial charge is 0.266 e. The molecule has 30 heavy (non-hydrogen) atoms. The zero-order valence-electron chi connectivity index (χ0n) is 16.2. The Morgan fingerprint density at radius 1 is 1.17 bits per heavy atom. The Hall–Kier alpha value is -2.19. The maximum atomic E-state index is 12.8. The quantitative estimate of drug-likeness (QED) is 0.477. The number of thiocarbonyl (C=S) groups is 1. The summed E-state index contributed by atoms with van der Waals surface area (Å²) in [5, 5.41) is 9.88. The molecule has 0 saturated carbocycles. The van der Waals surface area contributed by atoms with E-state index in [9.17, 15) is 14.7 Å². The summed E-state index contributed by atoms with van der Waals surface area (Å²) in [5.74, 6) is -0.369. The molecule has 0 radical (unpaired) electrons. The van der Waals surface area contributed by atoms with Gasteiger partial charge in [0.05, 0.1) is 11.5 Å². The first-order valence-electron chi connectivity index (χ1n) is 9.42. The predicted molar refractivity (Wildman–Crippen MR) is 125 cm³/mol. The number of amides is 2. The van der Waals surface area contributed by atoms with Crippen molar-refractivity contribution in [1.82, 2.24) is 9.80 Å². The van der Waals surface area contributed by atoms with Gasteiger partial charge in [0.25, 0.3) is 5.91 Å². The normalized spacial score (nSPS) is 15.1. The van der Waals surface area contributed by atoms with Crippen LogP contribution in [0.25, 0.3) is 6.08 Å². The Kier molecular flexibility index (Phi) is 8.04. The van der Waals surface area contributed by atoms with E-state index in [0.29, 0.717) is 20.8 Å². The number of carbonyl (C=O) groups is 2. The van der Waals surface area contributed by atoms with Gasteiger partial charge >= 0.3 is 0 Å². The van der Waals surface area contributed by atoms with E-state index in [0.717, 1.165) is 11.1 Å². The largest absolute Gasteiger partial charge is 0.395 e. The summed E-state index contributed by atoms with van der Waals surface area (Å²) in [6.45, 7) is 0.712. The fourth-order valence-corrected chi connectivity index (χ4v) is 4.50. The zero-order chi connectivity index (χ0) is 21.5. The Labute approximate surface area is 190 Å². The molecule has 1 fully saturated rings. The highest BCUT2D eigenvalue weighted by Gasteiger charge is 2.32. The van der Waals surface area contributed by atoms with E-state index >= 15 is 0 Å². The van der Waals surface area contributed by atoms with Crippen LogP contribution in [0.4, 0.5) is 0 Å². The van der Waals surface area contributed by atoms with Crippen molar-refractivity contribution in [2.24, 2.45) is 0 Å². The molecule has 1 saturated heterocycles. The molecular formula is C22H21ClN2O3S2. The number of halogens is 1. The summed E-state index contributed by atoms with van der Waals surface area (Å²) >= 11 is 12.7. The molecule has 2 aromatic rings. The van der Waals surface area contributed by atoms with Crippen molar-refractivity contribution in [1.29, 1.82) is 0 Å². The molecule has 8 heteroatoms. The van der Waals surface area contributed by atoms with E-state index in [1.54, 1.807) is 17.0 Å². The van der Waals surface area contributed by atoms with Crippen LogP contribution >= 0.6 is 35.6 Å². The fourth-order valence-electron chi connectivity index (χ4n) is 3.01. The molecule has 0 unspecified atom stereocenters. The maximum Gasteiger partial charge on any atom is 0.266 e. The summed E-state index contributed by atoms with van der Waals surface area (Å²) in [7, 11) is 0. The monoisotopic (exact) mass is 460 g/mol. The van der Waals surface area contributed by atoms with E-state index in [1.807, 2.05) is 48.5 Å². The van der Waals surface area contributed by atoms with E-state index in [1.165, 1.54) is 16.7 Å². The van der Waals surface area contributed by atoms with Gasteiger partial charge in [-0.1, -0.05) is 84.1 Å². The minimum Gasteiger partial charge on any atom is -0.395 e. The van der Waals surface area contributed by atoms with Crippen molar-refractivity contribution in [2.45, 2.75) is 13.0 Å². The molecule has 1 N–H and O–H groups in total. The Morgan fingerprint density at radius 3 is 2.57 bits per heavy atom. The molecule has 1 aliphatic heterocycles. The van der Waals surface area contributed by atoms with Gasteiger partial charge in [0.1, 0.15) is 4.32 Å². The predicted octanol–water partition coefficient (Wildman–Crippen LogP) is 3.95. The van der Waals surface area contributed by atoms with Crippen molar-refractivity contribution in [3.05, 3.63) is 75.7 Å². The van der Waals surface area contributed by atoms with Crippen LogP contribution in [-0.4, -0.2) is 50.7 Å². The van der Waals surface area contributed by atoms with Crippen LogP contribution in [-0.2, 0) is 16.1 Å². The SMILES string of the molecule is O=C(CCN1C(=O)/C(=C/c2ccccc2Cl)SC1=S)N(CCO)Cc1ccccc1. The molecular weight excluding hydrogens is 440 g/mol. The molecule has 5 nitrogen and oxygen atoms in total. The second kappa shape index (κ2) is 10.7. The van der Waals surface area contributed by atoms with Crippen LogP contribution in [0.5, 0.6) is 0 Å². The average Bonchev–Trinajstić information content (AvgIpc) is 3.01. The second-order valence-corrected chi connectivity index (χ2v) is 8.71. The van der Waals surface area contributed by atoms with Crippen LogP contribution < -0.4 is 0 Å². The van der Waals surface area contributed by atoms with Gasteiger partial charge in [-0.05, 0) is 23.3 Å². The third-order valence-electron chi connectivity index (χ3n) is 4.55. The third-order valence-corrected chi connectivity index (χ3v) is 6.28. The number of aliphatic hydroxyl groups is 1. The lowest BCUT2D eigenvalue weighted by Crippen LogP contribution is -2.37. The van der Waals surface area contributed by atoms with Gasteiger partial charge < -0.3 is 10.0 Å². The second-order valence-electron chi connectivity index (χ2n) is 6.63. The Morgan fingerprint density at radius 2 is 1.87 bits per heavy atom. The van der Waals surface area contributed by atoms with Crippen LogP contribution in [0.3, 0.4) is 0 Å². The minimum atomic E-state index is -0.227. The van der Waals surface area contributed by atoms with Crippen molar-refractivity contribution in [3.63, 3.8) is 0 Å². The molecule has 1 aliphatic rings. The van der Waals surface area contributed by atoms with Crippen molar-refractivity contribution < 1.29 is 14.7 Å². The molecule has 2 aromatic carbocycles. The van der Waals surface area contributed by atoms with Crippen molar-refractivity contribution in [2.75, 3.05) is 19.7 Å².